The maximum atomic E-state index is 13.8. The SMILES string of the molecule is CCCCCOc1ccc(N(C(=O)C(=O)O)c2nc(-c3ccc4[nH]c(=O)oc4c3)cs2)cc1C(F)(F)F. The number of carboxylic acid groups (broad SMARTS) is 1. The number of rotatable bonds is 8. The first kappa shape index (κ1) is 25.9. The van der Waals surface area contributed by atoms with E-state index in [-0.39, 0.29) is 23.0 Å². The lowest BCUT2D eigenvalue weighted by molar-refractivity contribution is -0.148. The van der Waals surface area contributed by atoms with Gasteiger partial charge in [-0.15, -0.1) is 11.3 Å². The zero-order chi connectivity index (χ0) is 26.7. The van der Waals surface area contributed by atoms with Crippen molar-refractivity contribution >= 4 is 45.1 Å². The minimum Gasteiger partial charge on any atom is -0.493 e. The number of amides is 1. The summed E-state index contributed by atoms with van der Waals surface area (Å²) in [5.74, 6) is -4.43. The minimum absolute atomic E-state index is 0.0789. The lowest BCUT2D eigenvalue weighted by atomic mass is 10.1. The second-order valence-corrected chi connectivity index (χ2v) is 8.76. The number of alkyl halides is 3. The van der Waals surface area contributed by atoms with Crippen molar-refractivity contribution < 1.29 is 37.0 Å². The van der Waals surface area contributed by atoms with Crippen LogP contribution in [-0.2, 0) is 15.8 Å². The van der Waals surface area contributed by atoms with Crippen molar-refractivity contribution in [2.75, 3.05) is 11.5 Å². The molecule has 9 nitrogen and oxygen atoms in total. The molecule has 0 spiro atoms. The third-order valence-corrected chi connectivity index (χ3v) is 6.14. The van der Waals surface area contributed by atoms with Gasteiger partial charge < -0.3 is 14.3 Å². The van der Waals surface area contributed by atoms with Crippen LogP contribution in [0.5, 0.6) is 5.75 Å². The van der Waals surface area contributed by atoms with E-state index in [2.05, 4.69) is 9.97 Å². The topological polar surface area (TPSA) is 126 Å². The zero-order valence-electron chi connectivity index (χ0n) is 19.3. The van der Waals surface area contributed by atoms with E-state index >= 15 is 0 Å². The Bertz CT molecular complexity index is 1510. The number of H-pyrrole nitrogens is 1. The van der Waals surface area contributed by atoms with Crippen LogP contribution in [0.25, 0.3) is 22.4 Å². The molecule has 2 N–H and O–H groups in total. The van der Waals surface area contributed by atoms with Crippen LogP contribution in [0.4, 0.5) is 24.0 Å². The molecule has 2 aromatic heterocycles. The molecule has 0 unspecified atom stereocenters. The van der Waals surface area contributed by atoms with Gasteiger partial charge in [0.15, 0.2) is 10.7 Å². The van der Waals surface area contributed by atoms with Crippen LogP contribution in [-0.4, -0.2) is 33.6 Å². The van der Waals surface area contributed by atoms with Gasteiger partial charge in [-0.05, 0) is 36.8 Å². The van der Waals surface area contributed by atoms with Gasteiger partial charge in [-0.25, -0.2) is 19.5 Å². The second-order valence-electron chi connectivity index (χ2n) is 7.92. The summed E-state index contributed by atoms with van der Waals surface area (Å²) >= 11 is 0.859. The van der Waals surface area contributed by atoms with Crippen molar-refractivity contribution in [3.8, 4) is 17.0 Å². The van der Waals surface area contributed by atoms with Crippen molar-refractivity contribution in [2.45, 2.75) is 32.4 Å². The van der Waals surface area contributed by atoms with Crippen LogP contribution in [0.1, 0.15) is 31.7 Å². The van der Waals surface area contributed by atoms with Crippen LogP contribution in [0, 0.1) is 0 Å². The lowest BCUT2D eigenvalue weighted by Crippen LogP contribution is -2.32. The molecule has 37 heavy (non-hydrogen) atoms. The molecule has 4 aromatic rings. The predicted molar refractivity (Wildman–Crippen MR) is 129 cm³/mol. The van der Waals surface area contributed by atoms with E-state index in [0.29, 0.717) is 34.2 Å². The molecule has 0 bridgehead atoms. The first-order chi connectivity index (χ1) is 17.6. The summed E-state index contributed by atoms with van der Waals surface area (Å²) in [5.41, 5.74) is -0.0143. The van der Waals surface area contributed by atoms with Crippen molar-refractivity contribution in [1.29, 1.82) is 0 Å². The number of nitrogens with one attached hydrogen (secondary N) is 1. The van der Waals surface area contributed by atoms with Gasteiger partial charge in [0.2, 0.25) is 0 Å². The standard InChI is InChI=1S/C24H20F3N3O6S/c1-2-3-4-9-35-18-8-6-14(11-15(18)24(25,26)27)30(20(31)21(32)33)22-28-17(12-37-22)13-5-7-16-19(10-13)36-23(34)29-16/h5-8,10-12H,2-4,9H2,1H3,(H,29,34)(H,32,33). The van der Waals surface area contributed by atoms with E-state index in [9.17, 15) is 32.7 Å². The van der Waals surface area contributed by atoms with Crippen LogP contribution >= 0.6 is 11.3 Å². The van der Waals surface area contributed by atoms with Crippen molar-refractivity contribution in [3.63, 3.8) is 0 Å². The quantitative estimate of drug-likeness (QED) is 0.223. The summed E-state index contributed by atoms with van der Waals surface area (Å²) in [4.78, 5) is 42.9. The Kier molecular flexibility index (Phi) is 7.34. The molecule has 0 aliphatic carbocycles. The van der Waals surface area contributed by atoms with E-state index in [1.54, 1.807) is 12.1 Å². The maximum Gasteiger partial charge on any atom is 0.420 e. The number of carboxylic acids is 1. The second kappa shape index (κ2) is 10.5. The Morgan fingerprint density at radius 2 is 1.97 bits per heavy atom. The molecule has 0 atom stereocenters. The van der Waals surface area contributed by atoms with Crippen molar-refractivity contribution in [2.24, 2.45) is 0 Å². The molecule has 0 fully saturated rings. The fourth-order valence-electron chi connectivity index (χ4n) is 3.55. The molecule has 194 valence electrons. The van der Waals surface area contributed by atoms with Gasteiger partial charge in [-0.1, -0.05) is 25.8 Å². The number of halogens is 3. The van der Waals surface area contributed by atoms with Crippen molar-refractivity contribution in [3.05, 3.63) is 57.9 Å². The van der Waals surface area contributed by atoms with Gasteiger partial charge in [0.25, 0.3) is 0 Å². The first-order valence-electron chi connectivity index (χ1n) is 11.1. The Labute approximate surface area is 211 Å². The Balaban J connectivity index is 1.73. The lowest BCUT2D eigenvalue weighted by Gasteiger charge is -2.21. The molecule has 1 amide bonds. The Hall–Kier alpha value is -4.13. The van der Waals surface area contributed by atoms with Crippen molar-refractivity contribution in [1.82, 2.24) is 9.97 Å². The van der Waals surface area contributed by atoms with E-state index in [0.717, 1.165) is 30.2 Å². The van der Waals surface area contributed by atoms with Gasteiger partial charge in [0.1, 0.15) is 5.75 Å². The number of unbranched alkanes of at least 4 members (excludes halogenated alkanes) is 2. The maximum absolute atomic E-state index is 13.8. The van der Waals surface area contributed by atoms with Gasteiger partial charge >= 0.3 is 23.8 Å². The van der Waals surface area contributed by atoms with E-state index in [4.69, 9.17) is 9.15 Å². The summed E-state index contributed by atoms with van der Waals surface area (Å²) in [7, 11) is 0. The number of oxazole rings is 1. The number of aromatic nitrogens is 2. The number of aliphatic carboxylic acids is 1. The smallest absolute Gasteiger partial charge is 0.420 e. The number of benzene rings is 2. The number of carbonyl (C=O) groups excluding carboxylic acids is 1. The molecular weight excluding hydrogens is 515 g/mol. The average Bonchev–Trinajstić information content (AvgIpc) is 3.47. The number of nitrogens with zero attached hydrogens (tertiary/aromatic N) is 2. The summed E-state index contributed by atoms with van der Waals surface area (Å²) in [6.07, 6.45) is -2.60. The van der Waals surface area contributed by atoms with E-state index < -0.39 is 35.1 Å². The van der Waals surface area contributed by atoms with Gasteiger partial charge in [-0.2, -0.15) is 13.2 Å². The summed E-state index contributed by atoms with van der Waals surface area (Å²) in [6.45, 7) is 2.03. The summed E-state index contributed by atoms with van der Waals surface area (Å²) < 4.78 is 51.9. The third kappa shape index (κ3) is 5.66. The predicted octanol–water partition coefficient (Wildman–Crippen LogP) is 5.58. The molecule has 4 rings (SSSR count). The molecule has 0 saturated heterocycles. The van der Waals surface area contributed by atoms with Crippen LogP contribution in [0.3, 0.4) is 0 Å². The molecule has 2 aromatic carbocycles. The highest BCUT2D eigenvalue weighted by molar-refractivity contribution is 7.14. The molecule has 13 heteroatoms. The number of fused-ring (bicyclic) bond motifs is 1. The largest absolute Gasteiger partial charge is 0.493 e. The average molecular weight is 536 g/mol. The van der Waals surface area contributed by atoms with Crippen LogP contribution in [0.15, 0.2) is 51.0 Å². The number of carbonyl (C=O) groups is 2. The Morgan fingerprint density at radius 3 is 2.68 bits per heavy atom. The normalized spacial score (nSPS) is 11.6. The molecule has 2 heterocycles. The van der Waals surface area contributed by atoms with E-state index in [1.807, 2.05) is 6.92 Å². The highest BCUT2D eigenvalue weighted by Crippen LogP contribution is 2.41. The molecule has 0 saturated carbocycles. The molecule has 0 radical (unpaired) electrons. The molecular formula is C24H20F3N3O6S. The highest BCUT2D eigenvalue weighted by Gasteiger charge is 2.37. The number of hydrogen-bond donors (Lipinski definition) is 2. The van der Waals surface area contributed by atoms with E-state index in [1.165, 1.54) is 17.5 Å². The molecule has 0 aliphatic rings. The monoisotopic (exact) mass is 535 g/mol. The fourth-order valence-corrected chi connectivity index (χ4v) is 4.40. The van der Waals surface area contributed by atoms with Crippen LogP contribution < -0.4 is 15.4 Å². The van der Waals surface area contributed by atoms with Gasteiger partial charge in [0.05, 0.1) is 29.1 Å². The first-order valence-corrected chi connectivity index (χ1v) is 12.0. The summed E-state index contributed by atoms with van der Waals surface area (Å²) in [5, 5.41) is 10.7. The molecule has 0 aliphatic heterocycles. The number of ether oxygens (including phenoxy) is 1. The highest BCUT2D eigenvalue weighted by atomic mass is 32.1. The van der Waals surface area contributed by atoms with Gasteiger partial charge in [-0.3, -0.25) is 9.78 Å². The number of aromatic amines is 1. The number of hydrogen-bond acceptors (Lipinski definition) is 7. The fraction of sp³-hybridized carbons (Fsp3) is 0.250. The third-order valence-electron chi connectivity index (χ3n) is 5.32. The number of thiazole rings is 1. The van der Waals surface area contributed by atoms with Crippen LogP contribution in [0.2, 0.25) is 0 Å². The summed E-state index contributed by atoms with van der Waals surface area (Å²) in [6, 6.07) is 7.60. The minimum atomic E-state index is -4.82. The van der Waals surface area contributed by atoms with Gasteiger partial charge in [0, 0.05) is 10.9 Å². The number of anilines is 2. The Morgan fingerprint density at radius 1 is 1.19 bits per heavy atom. The zero-order valence-corrected chi connectivity index (χ0v) is 20.1.